The van der Waals surface area contributed by atoms with Crippen molar-refractivity contribution in [2.24, 2.45) is 0 Å². The van der Waals surface area contributed by atoms with Gasteiger partial charge in [0.15, 0.2) is 0 Å². The highest BCUT2D eigenvalue weighted by molar-refractivity contribution is 7.80. The lowest BCUT2D eigenvalue weighted by Gasteiger charge is -2.23. The van der Waals surface area contributed by atoms with Crippen molar-refractivity contribution in [3.8, 4) is 0 Å². The minimum absolute atomic E-state index is 0.0949. The second kappa shape index (κ2) is 3.89. The summed E-state index contributed by atoms with van der Waals surface area (Å²) in [6, 6.07) is -0.290. The lowest BCUT2D eigenvalue weighted by molar-refractivity contribution is -0.236. The molecule has 2 nitrogen and oxygen atoms in total. The third-order valence-electron chi connectivity index (χ3n) is 2.04. The van der Waals surface area contributed by atoms with E-state index in [1.807, 2.05) is 0 Å². The fraction of sp³-hybridized carbons (Fsp3) is 0.857. The summed E-state index contributed by atoms with van der Waals surface area (Å²) < 4.78 is 36.3. The summed E-state index contributed by atoms with van der Waals surface area (Å²) in [5, 5.41) is 2.93. The van der Waals surface area contributed by atoms with E-state index in [-0.39, 0.29) is 12.6 Å². The molecular formula is C7H11F3N2S. The number of halogens is 3. The number of alkyl halides is 3. The van der Waals surface area contributed by atoms with Crippen molar-refractivity contribution in [1.82, 2.24) is 10.2 Å². The van der Waals surface area contributed by atoms with Crippen molar-refractivity contribution in [1.29, 1.82) is 0 Å². The van der Waals surface area contributed by atoms with Crippen LogP contribution in [0.4, 0.5) is 13.2 Å². The van der Waals surface area contributed by atoms with Gasteiger partial charge in [0.2, 0.25) is 0 Å². The molecule has 1 aliphatic rings. The van der Waals surface area contributed by atoms with Crippen LogP contribution in [0.25, 0.3) is 0 Å². The summed E-state index contributed by atoms with van der Waals surface area (Å²) in [5.74, 6) is 0. The molecule has 1 rings (SSSR count). The van der Waals surface area contributed by atoms with Crippen LogP contribution in [-0.4, -0.2) is 42.2 Å². The van der Waals surface area contributed by atoms with E-state index in [4.69, 9.17) is 12.2 Å². The first kappa shape index (κ1) is 10.9. The second-order valence-corrected chi connectivity index (χ2v) is 3.60. The first-order chi connectivity index (χ1) is 5.91. The Kier molecular flexibility index (Phi) is 3.26. The van der Waals surface area contributed by atoms with Crippen LogP contribution in [0, 0.1) is 0 Å². The maximum Gasteiger partial charge on any atom is 0.459 e. The van der Waals surface area contributed by atoms with Gasteiger partial charge in [0.05, 0.1) is 6.04 Å². The van der Waals surface area contributed by atoms with E-state index in [2.05, 4.69) is 5.32 Å². The second-order valence-electron chi connectivity index (χ2n) is 3.07. The SMILES string of the molecule is CN(CC1NCCC1=S)C(F)(F)F. The molecule has 0 aliphatic carbocycles. The average Bonchev–Trinajstić information content (AvgIpc) is 2.34. The predicted molar refractivity (Wildman–Crippen MR) is 47.7 cm³/mol. The number of hydrogen-bond donors (Lipinski definition) is 1. The van der Waals surface area contributed by atoms with E-state index in [1.165, 1.54) is 0 Å². The molecule has 6 heteroatoms. The molecule has 0 spiro atoms. The number of thiocarbonyl (C=S) groups is 1. The van der Waals surface area contributed by atoms with Gasteiger partial charge in [-0.2, -0.15) is 13.2 Å². The normalized spacial score (nSPS) is 24.4. The molecule has 1 atom stereocenters. The third-order valence-corrected chi connectivity index (χ3v) is 2.53. The summed E-state index contributed by atoms with van der Waals surface area (Å²) in [6.45, 7) is 0.595. The number of nitrogens with zero attached hydrogens (tertiary/aromatic N) is 1. The average molecular weight is 212 g/mol. The molecule has 1 unspecified atom stereocenters. The lowest BCUT2D eigenvalue weighted by Crippen LogP contribution is -2.44. The summed E-state index contributed by atoms with van der Waals surface area (Å²) in [4.78, 5) is 1.04. The summed E-state index contributed by atoms with van der Waals surface area (Å²) in [7, 11) is 1.03. The molecule has 1 saturated heterocycles. The highest BCUT2D eigenvalue weighted by Gasteiger charge is 2.36. The van der Waals surface area contributed by atoms with Crippen molar-refractivity contribution >= 4 is 17.1 Å². The van der Waals surface area contributed by atoms with Gasteiger partial charge >= 0.3 is 6.30 Å². The van der Waals surface area contributed by atoms with Crippen molar-refractivity contribution in [3.63, 3.8) is 0 Å². The molecule has 0 aromatic rings. The van der Waals surface area contributed by atoms with Crippen LogP contribution in [-0.2, 0) is 0 Å². The van der Waals surface area contributed by atoms with E-state index < -0.39 is 6.30 Å². The Bertz CT molecular complexity index is 204. The Morgan fingerprint density at radius 2 is 2.23 bits per heavy atom. The quantitative estimate of drug-likeness (QED) is 0.546. The zero-order chi connectivity index (χ0) is 10.1. The minimum Gasteiger partial charge on any atom is -0.308 e. The van der Waals surface area contributed by atoms with Gasteiger partial charge in [-0.25, -0.2) is 4.90 Å². The topological polar surface area (TPSA) is 15.3 Å². The van der Waals surface area contributed by atoms with Gasteiger partial charge < -0.3 is 5.32 Å². The number of likely N-dealkylation sites (N-methyl/N-ethyl adjacent to an activating group) is 1. The molecule has 0 aromatic heterocycles. The number of nitrogens with one attached hydrogen (secondary N) is 1. The van der Waals surface area contributed by atoms with Gasteiger partial charge in [-0.15, -0.1) is 0 Å². The van der Waals surface area contributed by atoms with E-state index in [9.17, 15) is 13.2 Å². The molecule has 76 valence electrons. The van der Waals surface area contributed by atoms with Crippen molar-refractivity contribution in [3.05, 3.63) is 0 Å². The summed E-state index contributed by atoms with van der Waals surface area (Å²) >= 11 is 4.93. The Hall–Kier alpha value is -0.200. The minimum atomic E-state index is -4.26. The van der Waals surface area contributed by atoms with Crippen LogP contribution < -0.4 is 5.32 Å². The highest BCUT2D eigenvalue weighted by Crippen LogP contribution is 2.20. The fourth-order valence-corrected chi connectivity index (χ4v) is 1.46. The number of rotatable bonds is 2. The number of hydrogen-bond acceptors (Lipinski definition) is 3. The van der Waals surface area contributed by atoms with Gasteiger partial charge in [-0.3, -0.25) is 0 Å². The Labute approximate surface area is 80.1 Å². The highest BCUT2D eigenvalue weighted by atomic mass is 32.1. The van der Waals surface area contributed by atoms with Crippen LogP contribution in [0.5, 0.6) is 0 Å². The molecular weight excluding hydrogens is 201 g/mol. The van der Waals surface area contributed by atoms with Gasteiger partial charge in [-0.1, -0.05) is 12.2 Å². The van der Waals surface area contributed by atoms with Gasteiger partial charge in [0.1, 0.15) is 0 Å². The lowest BCUT2D eigenvalue weighted by atomic mass is 10.2. The molecule has 1 aliphatic heterocycles. The molecule has 0 saturated carbocycles. The van der Waals surface area contributed by atoms with E-state index >= 15 is 0 Å². The first-order valence-electron chi connectivity index (χ1n) is 3.95. The summed E-state index contributed by atoms with van der Waals surface area (Å²) in [6.07, 6.45) is -3.56. The monoisotopic (exact) mass is 212 g/mol. The largest absolute Gasteiger partial charge is 0.459 e. The zero-order valence-corrected chi connectivity index (χ0v) is 8.00. The van der Waals surface area contributed by atoms with Crippen molar-refractivity contribution in [2.75, 3.05) is 20.1 Å². The molecule has 0 radical (unpaired) electrons. The van der Waals surface area contributed by atoms with Gasteiger partial charge in [0, 0.05) is 18.0 Å². The van der Waals surface area contributed by atoms with Crippen LogP contribution >= 0.6 is 12.2 Å². The zero-order valence-electron chi connectivity index (χ0n) is 7.19. The predicted octanol–water partition coefficient (Wildman–Crippen LogP) is 1.17. The molecule has 1 heterocycles. The maximum absolute atomic E-state index is 12.1. The molecule has 0 amide bonds. The van der Waals surface area contributed by atoms with Crippen LogP contribution in [0.1, 0.15) is 6.42 Å². The smallest absolute Gasteiger partial charge is 0.308 e. The Morgan fingerprint density at radius 1 is 1.62 bits per heavy atom. The van der Waals surface area contributed by atoms with Gasteiger partial charge in [0.25, 0.3) is 0 Å². The van der Waals surface area contributed by atoms with E-state index in [1.54, 1.807) is 0 Å². The molecule has 0 aromatic carbocycles. The van der Waals surface area contributed by atoms with Crippen LogP contribution in [0.15, 0.2) is 0 Å². The molecule has 13 heavy (non-hydrogen) atoms. The maximum atomic E-state index is 12.1. The standard InChI is InChI=1S/C7H11F3N2S/c1-12(7(8,9)10)4-5-6(13)2-3-11-5/h5,11H,2-4H2,1H3. The van der Waals surface area contributed by atoms with Crippen molar-refractivity contribution < 1.29 is 13.2 Å². The van der Waals surface area contributed by atoms with Crippen LogP contribution in [0.3, 0.4) is 0 Å². The molecule has 1 fully saturated rings. The fourth-order valence-electron chi connectivity index (χ4n) is 1.20. The summed E-state index contributed by atoms with van der Waals surface area (Å²) in [5.41, 5.74) is 0. The Balaban J connectivity index is 2.44. The molecule has 0 bridgehead atoms. The third kappa shape index (κ3) is 2.89. The Morgan fingerprint density at radius 3 is 2.62 bits per heavy atom. The van der Waals surface area contributed by atoms with E-state index in [0.717, 1.165) is 7.05 Å². The van der Waals surface area contributed by atoms with E-state index in [0.29, 0.717) is 22.7 Å². The van der Waals surface area contributed by atoms with Crippen LogP contribution in [0.2, 0.25) is 0 Å². The molecule has 1 N–H and O–H groups in total. The van der Waals surface area contributed by atoms with Crippen molar-refractivity contribution in [2.45, 2.75) is 18.8 Å². The first-order valence-corrected chi connectivity index (χ1v) is 4.36. The van der Waals surface area contributed by atoms with Gasteiger partial charge in [-0.05, 0) is 13.5 Å².